The molecule has 0 amide bonds. The molecule has 0 spiro atoms. The maximum atomic E-state index is 11.9. The second kappa shape index (κ2) is 9.93. The van der Waals surface area contributed by atoms with E-state index in [4.69, 9.17) is 4.74 Å². The topological polar surface area (TPSA) is 116 Å². The van der Waals surface area contributed by atoms with Crippen LogP contribution in [0.1, 0.15) is 36.7 Å². The van der Waals surface area contributed by atoms with Crippen molar-refractivity contribution in [2.75, 3.05) is 6.54 Å². The number of esters is 1. The van der Waals surface area contributed by atoms with E-state index in [1.807, 2.05) is 26.0 Å². The highest BCUT2D eigenvalue weighted by molar-refractivity contribution is 7.92. The fourth-order valence-electron chi connectivity index (χ4n) is 2.06. The molecule has 0 aliphatic heterocycles. The largest absolute Gasteiger partial charge is 0.456 e. The molecular formula is C17H23N5O4S. The monoisotopic (exact) mass is 393 g/mol. The Morgan fingerprint density at radius 3 is 2.74 bits per heavy atom. The van der Waals surface area contributed by atoms with E-state index in [1.165, 1.54) is 6.08 Å². The Hall–Kier alpha value is -2.59. The van der Waals surface area contributed by atoms with Crippen LogP contribution in [0.3, 0.4) is 0 Å². The third-order valence-electron chi connectivity index (χ3n) is 3.63. The standard InChI is InChI=1S/C17H23N5O4S/c1-3-4-10-22-16(19-20-21-22)13-26-17(23)12-18-27(24,25)11-9-15-7-5-14(2)6-8-15/h5-9,11,18H,3-4,10,12-13H2,1-2H3/b11-9+. The van der Waals surface area contributed by atoms with E-state index in [9.17, 15) is 13.2 Å². The first-order valence-electron chi connectivity index (χ1n) is 8.54. The molecule has 0 unspecified atom stereocenters. The lowest BCUT2D eigenvalue weighted by Crippen LogP contribution is -2.29. The van der Waals surface area contributed by atoms with Crippen LogP contribution in [0, 0.1) is 6.92 Å². The Morgan fingerprint density at radius 2 is 2.04 bits per heavy atom. The zero-order chi connectivity index (χ0) is 19.7. The molecule has 2 rings (SSSR count). The number of nitrogens with one attached hydrogen (secondary N) is 1. The molecule has 1 aromatic carbocycles. The molecule has 10 heteroatoms. The highest BCUT2D eigenvalue weighted by Crippen LogP contribution is 2.06. The molecule has 0 radical (unpaired) electrons. The summed E-state index contributed by atoms with van der Waals surface area (Å²) in [5.41, 5.74) is 1.82. The SMILES string of the molecule is CCCCn1nnnc1COC(=O)CNS(=O)(=O)/C=C/c1ccc(C)cc1. The van der Waals surface area contributed by atoms with Gasteiger partial charge in [-0.3, -0.25) is 4.79 Å². The molecule has 1 aromatic heterocycles. The Bertz CT molecular complexity index is 875. The van der Waals surface area contributed by atoms with Crippen molar-refractivity contribution in [1.82, 2.24) is 24.9 Å². The maximum Gasteiger partial charge on any atom is 0.321 e. The van der Waals surface area contributed by atoms with Gasteiger partial charge in [0.1, 0.15) is 6.54 Å². The third-order valence-corrected chi connectivity index (χ3v) is 4.67. The van der Waals surface area contributed by atoms with E-state index in [0.29, 0.717) is 12.4 Å². The summed E-state index contributed by atoms with van der Waals surface area (Å²) in [4.78, 5) is 11.8. The summed E-state index contributed by atoms with van der Waals surface area (Å²) < 4.78 is 32.6. The number of hydrogen-bond acceptors (Lipinski definition) is 7. The van der Waals surface area contributed by atoms with Gasteiger partial charge in [-0.25, -0.2) is 17.8 Å². The third kappa shape index (κ3) is 7.27. The molecule has 0 aliphatic carbocycles. The van der Waals surface area contributed by atoms with Crippen LogP contribution in [0.4, 0.5) is 0 Å². The summed E-state index contributed by atoms with van der Waals surface area (Å²) in [6, 6.07) is 7.37. The number of nitrogens with zero attached hydrogens (tertiary/aromatic N) is 4. The van der Waals surface area contributed by atoms with Crippen molar-refractivity contribution in [2.24, 2.45) is 0 Å². The molecule has 0 saturated heterocycles. The van der Waals surface area contributed by atoms with Crippen LogP contribution in [0.5, 0.6) is 0 Å². The van der Waals surface area contributed by atoms with Crippen LogP contribution in [-0.2, 0) is 32.7 Å². The Balaban J connectivity index is 1.80. The average molecular weight is 393 g/mol. The highest BCUT2D eigenvalue weighted by Gasteiger charge is 2.12. The van der Waals surface area contributed by atoms with Gasteiger partial charge in [0.2, 0.25) is 10.0 Å². The van der Waals surface area contributed by atoms with Gasteiger partial charge in [-0.05, 0) is 35.4 Å². The van der Waals surface area contributed by atoms with Crippen LogP contribution < -0.4 is 4.72 Å². The van der Waals surface area contributed by atoms with Crippen molar-refractivity contribution in [3.8, 4) is 0 Å². The summed E-state index contributed by atoms with van der Waals surface area (Å²) in [7, 11) is -3.75. The van der Waals surface area contributed by atoms with E-state index in [0.717, 1.165) is 29.4 Å². The minimum Gasteiger partial charge on any atom is -0.456 e. The molecule has 9 nitrogen and oxygen atoms in total. The predicted octanol–water partition coefficient (Wildman–Crippen LogP) is 1.42. The number of benzene rings is 1. The molecule has 2 aromatic rings. The second-order valence-electron chi connectivity index (χ2n) is 5.91. The quantitative estimate of drug-likeness (QED) is 0.607. The van der Waals surface area contributed by atoms with E-state index in [2.05, 4.69) is 20.2 Å². The van der Waals surface area contributed by atoms with Gasteiger partial charge in [0.05, 0.1) is 0 Å². The van der Waals surface area contributed by atoms with Gasteiger partial charge < -0.3 is 4.74 Å². The zero-order valence-electron chi connectivity index (χ0n) is 15.3. The van der Waals surface area contributed by atoms with Crippen molar-refractivity contribution >= 4 is 22.1 Å². The van der Waals surface area contributed by atoms with Crippen molar-refractivity contribution < 1.29 is 17.9 Å². The lowest BCUT2D eigenvalue weighted by Gasteiger charge is -2.06. The summed E-state index contributed by atoms with van der Waals surface area (Å²) >= 11 is 0. The molecule has 1 heterocycles. The lowest BCUT2D eigenvalue weighted by molar-refractivity contribution is -0.143. The maximum absolute atomic E-state index is 11.9. The van der Waals surface area contributed by atoms with Crippen LogP contribution in [0.25, 0.3) is 6.08 Å². The Morgan fingerprint density at radius 1 is 1.30 bits per heavy atom. The zero-order valence-corrected chi connectivity index (χ0v) is 16.1. The molecule has 0 saturated carbocycles. The van der Waals surface area contributed by atoms with E-state index in [-0.39, 0.29) is 6.61 Å². The second-order valence-corrected chi connectivity index (χ2v) is 7.56. The fourth-order valence-corrected chi connectivity index (χ4v) is 2.81. The summed E-state index contributed by atoms with van der Waals surface area (Å²) in [5, 5.41) is 12.2. The number of ether oxygens (including phenoxy) is 1. The first-order valence-corrected chi connectivity index (χ1v) is 10.1. The van der Waals surface area contributed by atoms with Gasteiger partial charge in [-0.2, -0.15) is 0 Å². The van der Waals surface area contributed by atoms with E-state index >= 15 is 0 Å². The van der Waals surface area contributed by atoms with Gasteiger partial charge in [0.15, 0.2) is 12.4 Å². The predicted molar refractivity (Wildman–Crippen MR) is 99.7 cm³/mol. The van der Waals surface area contributed by atoms with Gasteiger partial charge in [-0.15, -0.1) is 5.10 Å². The molecule has 0 aliphatic rings. The van der Waals surface area contributed by atoms with Gasteiger partial charge in [0.25, 0.3) is 0 Å². The van der Waals surface area contributed by atoms with Crippen LogP contribution >= 0.6 is 0 Å². The number of hydrogen-bond donors (Lipinski definition) is 1. The van der Waals surface area contributed by atoms with Crippen molar-refractivity contribution in [1.29, 1.82) is 0 Å². The van der Waals surface area contributed by atoms with Crippen molar-refractivity contribution in [3.63, 3.8) is 0 Å². The van der Waals surface area contributed by atoms with Gasteiger partial charge in [0, 0.05) is 12.0 Å². The van der Waals surface area contributed by atoms with Crippen molar-refractivity contribution in [2.45, 2.75) is 39.8 Å². The average Bonchev–Trinajstić information content (AvgIpc) is 3.10. The summed E-state index contributed by atoms with van der Waals surface area (Å²) in [5.74, 6) is -0.300. The smallest absolute Gasteiger partial charge is 0.321 e. The molecule has 0 fully saturated rings. The number of aryl methyl sites for hydroxylation is 2. The first-order chi connectivity index (χ1) is 12.9. The van der Waals surface area contributed by atoms with Crippen LogP contribution in [0.15, 0.2) is 29.7 Å². The van der Waals surface area contributed by atoms with Gasteiger partial charge in [-0.1, -0.05) is 43.2 Å². The Kier molecular flexibility index (Phi) is 7.62. The van der Waals surface area contributed by atoms with Crippen molar-refractivity contribution in [3.05, 3.63) is 46.6 Å². The molecular weight excluding hydrogens is 370 g/mol. The van der Waals surface area contributed by atoms with Crippen LogP contribution in [0.2, 0.25) is 0 Å². The highest BCUT2D eigenvalue weighted by atomic mass is 32.2. The fraction of sp³-hybridized carbons (Fsp3) is 0.412. The minimum atomic E-state index is -3.75. The number of unbranched alkanes of at least 4 members (excludes halogenated alkanes) is 1. The number of carbonyl (C=O) groups is 1. The summed E-state index contributed by atoms with van der Waals surface area (Å²) in [6.07, 6.45) is 3.34. The van der Waals surface area contributed by atoms with E-state index < -0.39 is 22.5 Å². The molecule has 146 valence electrons. The number of tetrazole rings is 1. The first kappa shape index (κ1) is 20.7. The summed E-state index contributed by atoms with van der Waals surface area (Å²) in [6.45, 7) is 4.03. The molecule has 27 heavy (non-hydrogen) atoms. The number of sulfonamides is 1. The van der Waals surface area contributed by atoms with Gasteiger partial charge >= 0.3 is 5.97 Å². The Labute approximate surface area is 158 Å². The minimum absolute atomic E-state index is 0.115. The number of carbonyl (C=O) groups excluding carboxylic acids is 1. The lowest BCUT2D eigenvalue weighted by atomic mass is 10.2. The normalized spacial score (nSPS) is 11.8. The van der Waals surface area contributed by atoms with Crippen LogP contribution in [-0.4, -0.2) is 41.1 Å². The molecule has 1 N–H and O–H groups in total. The number of aromatic nitrogens is 4. The number of rotatable bonds is 10. The molecule has 0 atom stereocenters. The molecule has 0 bridgehead atoms. The van der Waals surface area contributed by atoms with E-state index in [1.54, 1.807) is 16.8 Å².